The number of unbranched alkanes of at least 4 members (excludes halogenated alkanes) is 1. The molecule has 1 unspecified atom stereocenters. The molecule has 0 bridgehead atoms. The first-order chi connectivity index (χ1) is 7.77. The summed E-state index contributed by atoms with van der Waals surface area (Å²) in [5.41, 5.74) is 0. The van der Waals surface area contributed by atoms with Gasteiger partial charge in [-0.15, -0.1) is 0 Å². The lowest BCUT2D eigenvalue weighted by atomic mass is 10.0. The predicted octanol–water partition coefficient (Wildman–Crippen LogP) is 4.42. The van der Waals surface area contributed by atoms with Gasteiger partial charge in [-0.05, 0) is 24.5 Å². The van der Waals surface area contributed by atoms with E-state index in [0.717, 1.165) is 6.42 Å². The topological polar surface area (TPSA) is 9.23 Å². The summed E-state index contributed by atoms with van der Waals surface area (Å²) in [4.78, 5) is 0. The summed E-state index contributed by atoms with van der Waals surface area (Å²) in [5, 5.41) is 0. The average molecular weight is 224 g/mol. The van der Waals surface area contributed by atoms with Crippen molar-refractivity contribution >= 4 is 0 Å². The third-order valence-electron chi connectivity index (χ3n) is 2.85. The Labute approximate surface area is 97.6 Å². The number of para-hydroxylation sites is 1. The fraction of sp³-hybridized carbons (Fsp3) is 0.571. The van der Waals surface area contributed by atoms with Crippen LogP contribution in [0.4, 0.5) is 4.39 Å². The molecule has 0 aliphatic heterocycles. The highest BCUT2D eigenvalue weighted by molar-refractivity contribution is 5.23. The second kappa shape index (κ2) is 7.26. The Balaban J connectivity index is 2.40. The molecule has 0 saturated carbocycles. The largest absolute Gasteiger partial charge is 0.490 e. The molecule has 0 heterocycles. The highest BCUT2D eigenvalue weighted by atomic mass is 19.1. The molecule has 90 valence electrons. The van der Waals surface area contributed by atoms with Crippen LogP contribution in [0.15, 0.2) is 24.3 Å². The van der Waals surface area contributed by atoms with Gasteiger partial charge in [0.1, 0.15) is 0 Å². The molecule has 0 radical (unpaired) electrons. The number of hydrogen-bond donors (Lipinski definition) is 0. The molecule has 1 aromatic rings. The molecule has 1 nitrogen and oxygen atoms in total. The minimum absolute atomic E-state index is 0.271. The van der Waals surface area contributed by atoms with Crippen molar-refractivity contribution in [3.63, 3.8) is 0 Å². The summed E-state index contributed by atoms with van der Waals surface area (Å²) in [5.74, 6) is 0.643. The Morgan fingerprint density at radius 1 is 1.25 bits per heavy atom. The molecule has 1 rings (SSSR count). The molecule has 0 saturated heterocycles. The van der Waals surface area contributed by atoms with E-state index >= 15 is 0 Å². The Morgan fingerprint density at radius 3 is 2.62 bits per heavy atom. The maximum absolute atomic E-state index is 13.3. The van der Waals surface area contributed by atoms with Crippen LogP contribution in [0.2, 0.25) is 0 Å². The Kier molecular flexibility index (Phi) is 5.91. The van der Waals surface area contributed by atoms with E-state index in [4.69, 9.17) is 4.74 Å². The summed E-state index contributed by atoms with van der Waals surface area (Å²) in [6.45, 7) is 4.97. The van der Waals surface area contributed by atoms with Crippen LogP contribution in [-0.4, -0.2) is 6.61 Å². The number of rotatable bonds is 7. The van der Waals surface area contributed by atoms with Crippen LogP contribution in [0, 0.1) is 11.7 Å². The van der Waals surface area contributed by atoms with Gasteiger partial charge < -0.3 is 4.74 Å². The smallest absolute Gasteiger partial charge is 0.165 e. The zero-order valence-corrected chi connectivity index (χ0v) is 10.2. The maximum Gasteiger partial charge on any atom is 0.165 e. The van der Waals surface area contributed by atoms with Crippen LogP contribution >= 0.6 is 0 Å². The number of hydrogen-bond acceptors (Lipinski definition) is 1. The van der Waals surface area contributed by atoms with Crippen LogP contribution in [0.1, 0.15) is 39.5 Å². The summed E-state index contributed by atoms with van der Waals surface area (Å²) < 4.78 is 18.8. The van der Waals surface area contributed by atoms with Gasteiger partial charge in [-0.1, -0.05) is 45.2 Å². The fourth-order valence-corrected chi connectivity index (χ4v) is 1.67. The van der Waals surface area contributed by atoms with E-state index in [0.29, 0.717) is 18.3 Å². The summed E-state index contributed by atoms with van der Waals surface area (Å²) in [6.07, 6.45) is 4.69. The molecule has 16 heavy (non-hydrogen) atoms. The molecule has 0 spiro atoms. The average Bonchev–Trinajstić information content (AvgIpc) is 2.31. The molecular formula is C14H21FO. The van der Waals surface area contributed by atoms with Crippen molar-refractivity contribution in [2.24, 2.45) is 5.92 Å². The quantitative estimate of drug-likeness (QED) is 0.666. The van der Waals surface area contributed by atoms with E-state index in [1.165, 1.54) is 25.3 Å². The first-order valence-electron chi connectivity index (χ1n) is 6.15. The molecule has 1 aromatic carbocycles. The summed E-state index contributed by atoms with van der Waals surface area (Å²) in [6, 6.07) is 6.59. The van der Waals surface area contributed by atoms with E-state index in [1.54, 1.807) is 18.2 Å². The third kappa shape index (κ3) is 4.21. The molecule has 0 aliphatic rings. The lowest BCUT2D eigenvalue weighted by molar-refractivity contribution is 0.225. The monoisotopic (exact) mass is 224 g/mol. The van der Waals surface area contributed by atoms with E-state index in [-0.39, 0.29) is 5.82 Å². The Bertz CT molecular complexity index is 299. The molecule has 0 aromatic heterocycles. The molecule has 1 atom stereocenters. The molecule has 0 aliphatic carbocycles. The first-order valence-corrected chi connectivity index (χ1v) is 6.15. The maximum atomic E-state index is 13.3. The van der Waals surface area contributed by atoms with Gasteiger partial charge in [0.25, 0.3) is 0 Å². The minimum atomic E-state index is -0.271. The zero-order valence-electron chi connectivity index (χ0n) is 10.2. The van der Waals surface area contributed by atoms with Crippen molar-refractivity contribution < 1.29 is 9.13 Å². The van der Waals surface area contributed by atoms with Crippen LogP contribution in [0.5, 0.6) is 5.75 Å². The summed E-state index contributed by atoms with van der Waals surface area (Å²) in [7, 11) is 0. The van der Waals surface area contributed by atoms with Crippen LogP contribution in [0.3, 0.4) is 0 Å². The fourth-order valence-electron chi connectivity index (χ4n) is 1.67. The van der Waals surface area contributed by atoms with Gasteiger partial charge in [0.05, 0.1) is 6.61 Å². The third-order valence-corrected chi connectivity index (χ3v) is 2.85. The van der Waals surface area contributed by atoms with Crippen molar-refractivity contribution in [1.82, 2.24) is 0 Å². The van der Waals surface area contributed by atoms with E-state index in [1.807, 2.05) is 0 Å². The molecule has 0 amide bonds. The van der Waals surface area contributed by atoms with E-state index in [2.05, 4.69) is 13.8 Å². The van der Waals surface area contributed by atoms with Crippen LogP contribution in [0.25, 0.3) is 0 Å². The van der Waals surface area contributed by atoms with Crippen molar-refractivity contribution in [3.8, 4) is 5.75 Å². The number of ether oxygens (including phenoxy) is 1. The predicted molar refractivity (Wildman–Crippen MR) is 65.2 cm³/mol. The SMILES string of the molecule is CCCCC(CC)COc1ccccc1F. The van der Waals surface area contributed by atoms with E-state index in [9.17, 15) is 4.39 Å². The highest BCUT2D eigenvalue weighted by Crippen LogP contribution is 2.19. The Morgan fingerprint density at radius 2 is 2.00 bits per heavy atom. The zero-order chi connectivity index (χ0) is 11.8. The molecule has 2 heteroatoms. The number of benzene rings is 1. The van der Waals surface area contributed by atoms with Crippen molar-refractivity contribution in [2.45, 2.75) is 39.5 Å². The standard InChI is InChI=1S/C14H21FO/c1-3-5-8-12(4-2)11-16-14-10-7-6-9-13(14)15/h6-7,9-10,12H,3-5,8,11H2,1-2H3. The molecule has 0 N–H and O–H groups in total. The van der Waals surface area contributed by atoms with Gasteiger partial charge in [-0.2, -0.15) is 0 Å². The van der Waals surface area contributed by atoms with Crippen molar-refractivity contribution in [3.05, 3.63) is 30.1 Å². The highest BCUT2D eigenvalue weighted by Gasteiger charge is 2.08. The van der Waals surface area contributed by atoms with Gasteiger partial charge in [0, 0.05) is 0 Å². The number of halogens is 1. The molecule has 0 fully saturated rings. The normalized spacial score (nSPS) is 12.4. The second-order valence-electron chi connectivity index (χ2n) is 4.16. The Hall–Kier alpha value is -1.05. The first kappa shape index (κ1) is 13.0. The van der Waals surface area contributed by atoms with Gasteiger partial charge in [0.15, 0.2) is 11.6 Å². The lowest BCUT2D eigenvalue weighted by Gasteiger charge is -2.15. The van der Waals surface area contributed by atoms with Crippen LogP contribution in [-0.2, 0) is 0 Å². The summed E-state index contributed by atoms with van der Waals surface area (Å²) >= 11 is 0. The van der Waals surface area contributed by atoms with Crippen LogP contribution < -0.4 is 4.74 Å². The minimum Gasteiger partial charge on any atom is -0.490 e. The van der Waals surface area contributed by atoms with E-state index < -0.39 is 0 Å². The van der Waals surface area contributed by atoms with Crippen molar-refractivity contribution in [2.75, 3.05) is 6.61 Å². The van der Waals surface area contributed by atoms with Crippen molar-refractivity contribution in [1.29, 1.82) is 0 Å². The second-order valence-corrected chi connectivity index (χ2v) is 4.16. The van der Waals surface area contributed by atoms with Gasteiger partial charge in [-0.3, -0.25) is 0 Å². The van der Waals surface area contributed by atoms with Gasteiger partial charge in [-0.25, -0.2) is 4.39 Å². The lowest BCUT2D eigenvalue weighted by Crippen LogP contribution is -2.11. The van der Waals surface area contributed by atoms with Gasteiger partial charge in [0.2, 0.25) is 0 Å². The molecular weight excluding hydrogens is 203 g/mol. The van der Waals surface area contributed by atoms with Gasteiger partial charge >= 0.3 is 0 Å².